The van der Waals surface area contributed by atoms with E-state index in [4.69, 9.17) is 0 Å². The van der Waals surface area contributed by atoms with E-state index >= 15 is 0 Å². The average Bonchev–Trinajstić information content (AvgIpc) is 2.33. The summed E-state index contributed by atoms with van der Waals surface area (Å²) in [5.74, 6) is 0.349. The third-order valence-corrected chi connectivity index (χ3v) is 3.94. The van der Waals surface area contributed by atoms with E-state index in [2.05, 4.69) is 53.4 Å². The van der Waals surface area contributed by atoms with E-state index in [9.17, 15) is 4.79 Å². The Labute approximate surface area is 127 Å². The van der Waals surface area contributed by atoms with Crippen molar-refractivity contribution in [3.8, 4) is 0 Å². The van der Waals surface area contributed by atoms with Gasteiger partial charge < -0.3 is 4.90 Å². The van der Waals surface area contributed by atoms with Gasteiger partial charge in [0, 0.05) is 18.5 Å². The number of unbranched alkanes of at least 4 members (excludes halogenated alkanes) is 1. The highest BCUT2D eigenvalue weighted by Crippen LogP contribution is 2.25. The second-order valence-electron chi connectivity index (χ2n) is 7.38. The lowest BCUT2D eigenvalue weighted by atomic mass is 9.90. The average molecular weight is 284 g/mol. The number of rotatable bonds is 9. The Kier molecular flexibility index (Phi) is 9.16. The topological polar surface area (TPSA) is 20.3 Å². The minimum absolute atomic E-state index is 0.0737. The molecule has 0 saturated carbocycles. The molecule has 0 N–H and O–H groups in total. The number of nitrogens with zero attached hydrogens (tertiary/aromatic N) is 1. The molecule has 0 bridgehead atoms. The molecule has 2 atom stereocenters. The minimum Gasteiger partial charge on any atom is -0.337 e. The zero-order chi connectivity index (χ0) is 15.8. The van der Waals surface area contributed by atoms with Crippen molar-refractivity contribution >= 4 is 5.91 Å². The van der Waals surface area contributed by atoms with Crippen LogP contribution in [0.4, 0.5) is 0 Å². The molecule has 120 valence electrons. The molecule has 0 rings (SSSR count). The monoisotopic (exact) mass is 283 g/mol. The van der Waals surface area contributed by atoms with E-state index in [-0.39, 0.29) is 5.41 Å². The number of hydrogen-bond donors (Lipinski definition) is 0. The number of carbonyl (C=O) groups excluding carboxylic acids is 1. The van der Waals surface area contributed by atoms with Crippen molar-refractivity contribution in [2.45, 2.75) is 105 Å². The van der Waals surface area contributed by atoms with E-state index in [1.54, 1.807) is 0 Å². The van der Waals surface area contributed by atoms with Crippen molar-refractivity contribution in [1.29, 1.82) is 0 Å². The summed E-state index contributed by atoms with van der Waals surface area (Å²) in [5, 5.41) is 0. The van der Waals surface area contributed by atoms with Gasteiger partial charge in [-0.25, -0.2) is 0 Å². The lowest BCUT2D eigenvalue weighted by Crippen LogP contribution is -2.47. The van der Waals surface area contributed by atoms with Gasteiger partial charge in [-0.1, -0.05) is 60.8 Å². The van der Waals surface area contributed by atoms with Gasteiger partial charge in [0.25, 0.3) is 0 Å². The van der Waals surface area contributed by atoms with Gasteiger partial charge in [-0.15, -0.1) is 0 Å². The highest BCUT2D eigenvalue weighted by molar-refractivity contribution is 5.77. The summed E-state index contributed by atoms with van der Waals surface area (Å²) in [6, 6.07) is 0.794. The molecule has 0 spiro atoms. The van der Waals surface area contributed by atoms with E-state index in [1.165, 1.54) is 12.8 Å². The molecular weight excluding hydrogens is 246 g/mol. The molecule has 0 aliphatic carbocycles. The number of carbonyl (C=O) groups is 1. The molecule has 0 aromatic carbocycles. The van der Waals surface area contributed by atoms with Gasteiger partial charge in [-0.2, -0.15) is 0 Å². The Hall–Kier alpha value is -0.530. The quantitative estimate of drug-likeness (QED) is 0.554. The minimum atomic E-state index is 0.0737. The Morgan fingerprint density at radius 1 is 1.05 bits per heavy atom. The standard InChI is InChI=1S/C18H37NO/c1-8-11-13-16(12-9-2)19(15(4)10-3)17(20)14-18(5,6)7/h15-16H,8-14H2,1-7H3. The molecule has 0 aliphatic rings. The second kappa shape index (κ2) is 9.41. The largest absolute Gasteiger partial charge is 0.337 e. The fraction of sp³-hybridized carbons (Fsp3) is 0.944. The van der Waals surface area contributed by atoms with Crippen LogP contribution in [0.3, 0.4) is 0 Å². The molecule has 0 radical (unpaired) electrons. The molecule has 1 amide bonds. The smallest absolute Gasteiger partial charge is 0.223 e. The summed E-state index contributed by atoms with van der Waals surface area (Å²) >= 11 is 0. The zero-order valence-corrected chi connectivity index (χ0v) is 15.0. The Morgan fingerprint density at radius 2 is 1.65 bits per heavy atom. The first-order chi connectivity index (χ1) is 9.26. The Morgan fingerprint density at radius 3 is 2.05 bits per heavy atom. The van der Waals surface area contributed by atoms with Crippen molar-refractivity contribution in [2.24, 2.45) is 5.41 Å². The highest BCUT2D eigenvalue weighted by atomic mass is 16.2. The predicted molar refractivity (Wildman–Crippen MR) is 88.9 cm³/mol. The maximum atomic E-state index is 12.8. The van der Waals surface area contributed by atoms with Gasteiger partial charge >= 0.3 is 0 Å². The van der Waals surface area contributed by atoms with Crippen LogP contribution in [-0.4, -0.2) is 22.9 Å². The molecule has 0 aromatic rings. The van der Waals surface area contributed by atoms with Crippen molar-refractivity contribution in [3.63, 3.8) is 0 Å². The Balaban J connectivity index is 5.02. The van der Waals surface area contributed by atoms with E-state index in [0.717, 1.165) is 25.7 Å². The van der Waals surface area contributed by atoms with Crippen molar-refractivity contribution in [1.82, 2.24) is 4.90 Å². The molecule has 0 aliphatic heterocycles. The van der Waals surface area contributed by atoms with Crippen molar-refractivity contribution in [3.05, 3.63) is 0 Å². The van der Waals surface area contributed by atoms with Crippen LogP contribution in [-0.2, 0) is 4.79 Å². The van der Waals surface area contributed by atoms with Crippen LogP contribution < -0.4 is 0 Å². The van der Waals surface area contributed by atoms with Crippen LogP contribution in [0.2, 0.25) is 0 Å². The summed E-state index contributed by atoms with van der Waals surface area (Å²) in [6.45, 7) is 15.3. The molecule has 0 saturated heterocycles. The third kappa shape index (κ3) is 7.31. The fourth-order valence-electron chi connectivity index (χ4n) is 2.75. The number of hydrogen-bond acceptors (Lipinski definition) is 1. The van der Waals surface area contributed by atoms with Crippen LogP contribution in [0.25, 0.3) is 0 Å². The Bertz CT molecular complexity index is 267. The van der Waals surface area contributed by atoms with Gasteiger partial charge in [-0.3, -0.25) is 4.79 Å². The second-order valence-corrected chi connectivity index (χ2v) is 7.38. The molecule has 0 heterocycles. The van der Waals surface area contributed by atoms with Crippen LogP contribution >= 0.6 is 0 Å². The molecule has 2 heteroatoms. The fourth-order valence-corrected chi connectivity index (χ4v) is 2.75. The van der Waals surface area contributed by atoms with Crippen LogP contribution in [0.5, 0.6) is 0 Å². The van der Waals surface area contributed by atoms with Crippen molar-refractivity contribution < 1.29 is 4.79 Å². The van der Waals surface area contributed by atoms with E-state index in [0.29, 0.717) is 24.4 Å². The molecule has 2 nitrogen and oxygen atoms in total. The maximum Gasteiger partial charge on any atom is 0.223 e. The highest BCUT2D eigenvalue weighted by Gasteiger charge is 2.29. The molecule has 2 unspecified atom stereocenters. The van der Waals surface area contributed by atoms with E-state index < -0.39 is 0 Å². The summed E-state index contributed by atoms with van der Waals surface area (Å²) in [5.41, 5.74) is 0.0737. The summed E-state index contributed by atoms with van der Waals surface area (Å²) < 4.78 is 0. The first-order valence-corrected chi connectivity index (χ1v) is 8.57. The predicted octanol–water partition coefficient (Wildman–Crippen LogP) is 5.41. The van der Waals surface area contributed by atoms with Crippen molar-refractivity contribution in [2.75, 3.05) is 0 Å². The SMILES string of the molecule is CCCCC(CCC)N(C(=O)CC(C)(C)C)C(C)CC. The van der Waals surface area contributed by atoms with Crippen LogP contribution in [0, 0.1) is 5.41 Å². The maximum absolute atomic E-state index is 12.8. The lowest BCUT2D eigenvalue weighted by molar-refractivity contribution is -0.138. The summed E-state index contributed by atoms with van der Waals surface area (Å²) in [7, 11) is 0. The van der Waals surface area contributed by atoms with Gasteiger partial charge in [0.1, 0.15) is 0 Å². The molecular formula is C18H37NO. The summed E-state index contributed by atoms with van der Waals surface area (Å²) in [4.78, 5) is 15.0. The number of amides is 1. The lowest BCUT2D eigenvalue weighted by Gasteiger charge is -2.38. The van der Waals surface area contributed by atoms with E-state index in [1.807, 2.05) is 0 Å². The van der Waals surface area contributed by atoms with Gasteiger partial charge in [0.05, 0.1) is 0 Å². The first kappa shape index (κ1) is 19.5. The van der Waals surface area contributed by atoms with Gasteiger partial charge in [-0.05, 0) is 31.6 Å². The normalized spacial score (nSPS) is 14.9. The molecule has 0 fully saturated rings. The first-order valence-electron chi connectivity index (χ1n) is 8.57. The molecule has 0 aromatic heterocycles. The molecule has 20 heavy (non-hydrogen) atoms. The summed E-state index contributed by atoms with van der Waals surface area (Å²) in [6.07, 6.45) is 7.59. The third-order valence-electron chi connectivity index (χ3n) is 3.94. The van der Waals surface area contributed by atoms with Gasteiger partial charge in [0.15, 0.2) is 0 Å². The van der Waals surface area contributed by atoms with Crippen LogP contribution in [0.15, 0.2) is 0 Å². The van der Waals surface area contributed by atoms with Gasteiger partial charge in [0.2, 0.25) is 5.91 Å². The zero-order valence-electron chi connectivity index (χ0n) is 15.0. The van der Waals surface area contributed by atoms with Crippen LogP contribution in [0.1, 0.15) is 93.4 Å².